The summed E-state index contributed by atoms with van der Waals surface area (Å²) in [6.07, 6.45) is 0.865. The van der Waals surface area contributed by atoms with Crippen LogP contribution in [0.2, 0.25) is 5.02 Å². The van der Waals surface area contributed by atoms with Gasteiger partial charge in [0.2, 0.25) is 0 Å². The second-order valence-corrected chi connectivity index (χ2v) is 4.75. The first kappa shape index (κ1) is 14.0. The molecule has 0 aromatic heterocycles. The predicted molar refractivity (Wildman–Crippen MR) is 76.4 cm³/mol. The van der Waals surface area contributed by atoms with E-state index in [0.29, 0.717) is 10.6 Å². The third-order valence-electron chi connectivity index (χ3n) is 3.19. The molecule has 1 atom stereocenters. The fourth-order valence-corrected chi connectivity index (χ4v) is 2.38. The topological polar surface area (TPSA) is 38.0 Å². The van der Waals surface area contributed by atoms with Crippen molar-refractivity contribution < 1.29 is 4.39 Å². The molecule has 0 aliphatic carbocycles. The summed E-state index contributed by atoms with van der Waals surface area (Å²) in [5.41, 5.74) is 5.30. The van der Waals surface area contributed by atoms with Crippen molar-refractivity contribution in [2.24, 2.45) is 5.84 Å². The van der Waals surface area contributed by atoms with Crippen LogP contribution >= 0.6 is 11.6 Å². The van der Waals surface area contributed by atoms with Crippen LogP contribution in [-0.4, -0.2) is 0 Å². The fourth-order valence-electron chi connectivity index (χ4n) is 2.22. The predicted octanol–water partition coefficient (Wildman–Crippen LogP) is 3.59. The minimum Gasteiger partial charge on any atom is -0.271 e. The SMILES string of the molecule is CCc1ccccc1C(NN)c1ccc(Cl)cc1F. The summed E-state index contributed by atoms with van der Waals surface area (Å²) in [4.78, 5) is 0. The van der Waals surface area contributed by atoms with Crippen LogP contribution in [0.15, 0.2) is 42.5 Å². The Morgan fingerprint density at radius 2 is 1.95 bits per heavy atom. The van der Waals surface area contributed by atoms with Crippen molar-refractivity contribution >= 4 is 11.6 Å². The summed E-state index contributed by atoms with van der Waals surface area (Å²) in [6, 6.07) is 12.1. The number of hydrogen-bond acceptors (Lipinski definition) is 2. The van der Waals surface area contributed by atoms with Crippen LogP contribution in [0, 0.1) is 5.82 Å². The van der Waals surface area contributed by atoms with Crippen LogP contribution in [0.1, 0.15) is 29.7 Å². The molecule has 0 fully saturated rings. The van der Waals surface area contributed by atoms with Gasteiger partial charge >= 0.3 is 0 Å². The number of nitrogens with two attached hydrogens (primary N) is 1. The van der Waals surface area contributed by atoms with Crippen molar-refractivity contribution in [3.8, 4) is 0 Å². The zero-order valence-corrected chi connectivity index (χ0v) is 11.4. The van der Waals surface area contributed by atoms with Crippen LogP contribution in [0.4, 0.5) is 4.39 Å². The van der Waals surface area contributed by atoms with Crippen LogP contribution in [0.25, 0.3) is 0 Å². The number of halogens is 2. The highest BCUT2D eigenvalue weighted by molar-refractivity contribution is 6.30. The lowest BCUT2D eigenvalue weighted by Gasteiger charge is -2.20. The maximum absolute atomic E-state index is 14.0. The van der Waals surface area contributed by atoms with E-state index in [2.05, 4.69) is 12.3 Å². The Labute approximate surface area is 117 Å². The molecule has 1 unspecified atom stereocenters. The largest absolute Gasteiger partial charge is 0.271 e. The zero-order valence-electron chi connectivity index (χ0n) is 10.7. The van der Waals surface area contributed by atoms with Gasteiger partial charge in [-0.3, -0.25) is 5.84 Å². The van der Waals surface area contributed by atoms with Crippen molar-refractivity contribution in [1.29, 1.82) is 0 Å². The van der Waals surface area contributed by atoms with Crippen molar-refractivity contribution in [2.45, 2.75) is 19.4 Å². The molecule has 0 spiro atoms. The Morgan fingerprint density at radius 3 is 2.58 bits per heavy atom. The average molecular weight is 279 g/mol. The van der Waals surface area contributed by atoms with E-state index in [1.54, 1.807) is 12.1 Å². The number of rotatable bonds is 4. The van der Waals surface area contributed by atoms with E-state index in [0.717, 1.165) is 17.5 Å². The molecule has 19 heavy (non-hydrogen) atoms. The number of hydrogen-bond donors (Lipinski definition) is 2. The summed E-state index contributed by atoms with van der Waals surface area (Å²) < 4.78 is 14.0. The lowest BCUT2D eigenvalue weighted by molar-refractivity contribution is 0.558. The van der Waals surface area contributed by atoms with Crippen LogP contribution in [0.5, 0.6) is 0 Å². The maximum atomic E-state index is 14.0. The second-order valence-electron chi connectivity index (χ2n) is 4.32. The van der Waals surface area contributed by atoms with Gasteiger partial charge in [0, 0.05) is 10.6 Å². The summed E-state index contributed by atoms with van der Waals surface area (Å²) in [5.74, 6) is 5.26. The number of nitrogens with one attached hydrogen (secondary N) is 1. The molecule has 2 rings (SSSR count). The van der Waals surface area contributed by atoms with Crippen LogP contribution in [-0.2, 0) is 6.42 Å². The van der Waals surface area contributed by atoms with E-state index < -0.39 is 0 Å². The molecule has 4 heteroatoms. The van der Waals surface area contributed by atoms with Gasteiger partial charge in [-0.2, -0.15) is 0 Å². The van der Waals surface area contributed by atoms with Crippen LogP contribution in [0.3, 0.4) is 0 Å². The van der Waals surface area contributed by atoms with E-state index in [4.69, 9.17) is 17.4 Å². The molecule has 100 valence electrons. The molecular weight excluding hydrogens is 263 g/mol. The molecule has 0 saturated heterocycles. The Balaban J connectivity index is 2.50. The van der Waals surface area contributed by atoms with Gasteiger partial charge in [0.15, 0.2) is 0 Å². The maximum Gasteiger partial charge on any atom is 0.129 e. The third kappa shape index (κ3) is 2.95. The summed E-state index contributed by atoms with van der Waals surface area (Å²) in [6.45, 7) is 2.06. The monoisotopic (exact) mass is 278 g/mol. The zero-order chi connectivity index (χ0) is 13.8. The van der Waals surface area contributed by atoms with Gasteiger partial charge in [-0.15, -0.1) is 0 Å². The van der Waals surface area contributed by atoms with E-state index >= 15 is 0 Å². The Kier molecular flexibility index (Phi) is 4.53. The molecule has 0 heterocycles. The number of aryl methyl sites for hydroxylation is 1. The highest BCUT2D eigenvalue weighted by atomic mass is 35.5. The number of hydrazine groups is 1. The van der Waals surface area contributed by atoms with Crippen molar-refractivity contribution in [3.05, 3.63) is 70.0 Å². The molecule has 0 amide bonds. The molecule has 3 N–H and O–H groups in total. The molecular formula is C15H16ClFN2. The summed E-state index contributed by atoms with van der Waals surface area (Å²) in [7, 11) is 0. The van der Waals surface area contributed by atoms with Crippen LogP contribution < -0.4 is 11.3 Å². The summed E-state index contributed by atoms with van der Waals surface area (Å²) in [5, 5.41) is 0.376. The van der Waals surface area contributed by atoms with Gasteiger partial charge in [0.25, 0.3) is 0 Å². The van der Waals surface area contributed by atoms with Crippen molar-refractivity contribution in [3.63, 3.8) is 0 Å². The first-order valence-corrected chi connectivity index (χ1v) is 6.54. The third-order valence-corrected chi connectivity index (χ3v) is 3.42. The van der Waals surface area contributed by atoms with Gasteiger partial charge in [-0.1, -0.05) is 48.9 Å². The molecule has 2 nitrogen and oxygen atoms in total. The minimum atomic E-state index is -0.381. The number of benzene rings is 2. The Hall–Kier alpha value is -1.42. The molecule has 0 bridgehead atoms. The fraction of sp³-hybridized carbons (Fsp3) is 0.200. The van der Waals surface area contributed by atoms with Gasteiger partial charge in [-0.25, -0.2) is 9.82 Å². The van der Waals surface area contributed by atoms with Crippen molar-refractivity contribution in [1.82, 2.24) is 5.43 Å². The molecule has 2 aromatic carbocycles. The van der Waals surface area contributed by atoms with Gasteiger partial charge in [0.05, 0.1) is 6.04 Å². The molecule has 0 aliphatic rings. The average Bonchev–Trinajstić information content (AvgIpc) is 2.42. The Bertz CT molecular complexity index is 572. The van der Waals surface area contributed by atoms with E-state index in [-0.39, 0.29) is 11.9 Å². The smallest absolute Gasteiger partial charge is 0.129 e. The van der Waals surface area contributed by atoms with E-state index in [1.807, 2.05) is 24.3 Å². The highest BCUT2D eigenvalue weighted by Gasteiger charge is 2.18. The molecule has 0 saturated carbocycles. The minimum absolute atomic E-state index is 0.360. The first-order chi connectivity index (χ1) is 9.17. The van der Waals surface area contributed by atoms with Crippen molar-refractivity contribution in [2.75, 3.05) is 0 Å². The quantitative estimate of drug-likeness (QED) is 0.662. The van der Waals surface area contributed by atoms with Gasteiger partial charge in [-0.05, 0) is 29.7 Å². The first-order valence-electron chi connectivity index (χ1n) is 6.16. The summed E-state index contributed by atoms with van der Waals surface area (Å²) >= 11 is 5.78. The van der Waals surface area contributed by atoms with E-state index in [1.165, 1.54) is 6.07 Å². The Morgan fingerprint density at radius 1 is 1.21 bits per heavy atom. The standard InChI is InChI=1S/C15H16ClFN2/c1-2-10-5-3-4-6-12(10)15(19-18)13-8-7-11(16)9-14(13)17/h3-9,15,19H,2,18H2,1H3. The molecule has 0 radical (unpaired) electrons. The lowest BCUT2D eigenvalue weighted by Crippen LogP contribution is -2.30. The molecule has 2 aromatic rings. The van der Waals surface area contributed by atoms with Gasteiger partial charge < -0.3 is 0 Å². The van der Waals surface area contributed by atoms with Gasteiger partial charge in [0.1, 0.15) is 5.82 Å². The lowest BCUT2D eigenvalue weighted by atomic mass is 9.93. The second kappa shape index (κ2) is 6.15. The normalized spacial score (nSPS) is 12.4. The van der Waals surface area contributed by atoms with E-state index in [9.17, 15) is 4.39 Å². The molecule has 0 aliphatic heterocycles. The highest BCUT2D eigenvalue weighted by Crippen LogP contribution is 2.28.